The molecule has 4 heteroatoms. The van der Waals surface area contributed by atoms with E-state index in [1.165, 1.54) is 12.1 Å². The Balaban J connectivity index is 2.31. The second-order valence-corrected chi connectivity index (χ2v) is 4.91. The molecular formula is C13H13FN2S. The second-order valence-electron chi connectivity index (χ2n) is 3.79. The maximum atomic E-state index is 13.1. The molecule has 0 aliphatic rings. The SMILES string of the molecule is C#CCCC(NN)c1cc2cc(F)ccc2s1. The minimum Gasteiger partial charge on any atom is -0.271 e. The van der Waals surface area contributed by atoms with Crippen molar-refractivity contribution in [1.82, 2.24) is 5.43 Å². The molecule has 0 aliphatic heterocycles. The van der Waals surface area contributed by atoms with Gasteiger partial charge in [-0.15, -0.1) is 23.7 Å². The molecule has 2 nitrogen and oxygen atoms in total. The Morgan fingerprint density at radius 3 is 3.00 bits per heavy atom. The third-order valence-electron chi connectivity index (χ3n) is 2.62. The van der Waals surface area contributed by atoms with E-state index in [0.29, 0.717) is 6.42 Å². The van der Waals surface area contributed by atoms with Crippen LogP contribution in [0.4, 0.5) is 4.39 Å². The quantitative estimate of drug-likeness (QED) is 0.496. The van der Waals surface area contributed by atoms with Crippen LogP contribution in [-0.2, 0) is 0 Å². The van der Waals surface area contributed by atoms with Gasteiger partial charge in [-0.25, -0.2) is 4.39 Å². The molecular weight excluding hydrogens is 235 g/mol. The maximum absolute atomic E-state index is 13.1. The molecule has 0 saturated carbocycles. The first kappa shape index (κ1) is 12.1. The fourth-order valence-corrected chi connectivity index (χ4v) is 2.88. The van der Waals surface area contributed by atoms with Crippen molar-refractivity contribution in [3.8, 4) is 12.3 Å². The van der Waals surface area contributed by atoms with Gasteiger partial charge >= 0.3 is 0 Å². The Morgan fingerprint density at radius 2 is 2.29 bits per heavy atom. The van der Waals surface area contributed by atoms with Crippen LogP contribution in [0.25, 0.3) is 10.1 Å². The molecule has 1 heterocycles. The summed E-state index contributed by atoms with van der Waals surface area (Å²) < 4.78 is 14.1. The number of hydrogen-bond donors (Lipinski definition) is 2. The lowest BCUT2D eigenvalue weighted by Gasteiger charge is -2.11. The Labute approximate surface area is 104 Å². The van der Waals surface area contributed by atoms with Crippen molar-refractivity contribution in [2.45, 2.75) is 18.9 Å². The van der Waals surface area contributed by atoms with Gasteiger partial charge in [0.15, 0.2) is 0 Å². The number of rotatable bonds is 4. The molecule has 0 spiro atoms. The zero-order valence-corrected chi connectivity index (χ0v) is 10.1. The van der Waals surface area contributed by atoms with Crippen molar-refractivity contribution in [2.75, 3.05) is 0 Å². The van der Waals surface area contributed by atoms with Crippen LogP contribution >= 0.6 is 11.3 Å². The summed E-state index contributed by atoms with van der Waals surface area (Å²) in [6.45, 7) is 0. The molecule has 0 amide bonds. The number of hydrazine groups is 1. The molecule has 1 aromatic heterocycles. The van der Waals surface area contributed by atoms with Gasteiger partial charge in [-0.05, 0) is 36.1 Å². The highest BCUT2D eigenvalue weighted by Gasteiger charge is 2.12. The summed E-state index contributed by atoms with van der Waals surface area (Å²) in [7, 11) is 0. The lowest BCUT2D eigenvalue weighted by molar-refractivity contribution is 0.532. The summed E-state index contributed by atoms with van der Waals surface area (Å²) >= 11 is 1.61. The summed E-state index contributed by atoms with van der Waals surface area (Å²) in [4.78, 5) is 1.09. The monoisotopic (exact) mass is 248 g/mol. The number of nitrogens with two attached hydrogens (primary N) is 1. The normalized spacial score (nSPS) is 12.5. The minimum absolute atomic E-state index is 0.0338. The van der Waals surface area contributed by atoms with Gasteiger partial charge in [0, 0.05) is 16.0 Å². The number of halogens is 1. The predicted molar refractivity (Wildman–Crippen MR) is 69.9 cm³/mol. The zero-order valence-electron chi connectivity index (χ0n) is 9.24. The van der Waals surface area contributed by atoms with Crippen LogP contribution in [0.3, 0.4) is 0 Å². The summed E-state index contributed by atoms with van der Waals surface area (Å²) in [6, 6.07) is 6.78. The van der Waals surface area contributed by atoms with E-state index in [2.05, 4.69) is 11.3 Å². The summed E-state index contributed by atoms with van der Waals surface area (Å²) in [5.74, 6) is 7.89. The molecule has 0 aliphatic carbocycles. The third kappa shape index (κ3) is 2.64. The highest BCUT2D eigenvalue weighted by Crippen LogP contribution is 2.31. The van der Waals surface area contributed by atoms with Gasteiger partial charge < -0.3 is 0 Å². The lowest BCUT2D eigenvalue weighted by Crippen LogP contribution is -2.27. The molecule has 0 fully saturated rings. The van der Waals surface area contributed by atoms with Crippen LogP contribution in [-0.4, -0.2) is 0 Å². The first-order valence-electron chi connectivity index (χ1n) is 5.33. The van der Waals surface area contributed by atoms with Crippen LogP contribution in [0, 0.1) is 18.2 Å². The Kier molecular flexibility index (Phi) is 3.75. The second kappa shape index (κ2) is 5.28. The smallest absolute Gasteiger partial charge is 0.123 e. The fraction of sp³-hybridized carbons (Fsp3) is 0.231. The van der Waals surface area contributed by atoms with Gasteiger partial charge in [0.1, 0.15) is 5.82 Å². The van der Waals surface area contributed by atoms with Gasteiger partial charge in [-0.1, -0.05) is 0 Å². The van der Waals surface area contributed by atoms with Gasteiger partial charge in [0.2, 0.25) is 0 Å². The van der Waals surface area contributed by atoms with E-state index in [1.807, 2.05) is 6.07 Å². The number of thiophene rings is 1. The number of nitrogens with one attached hydrogen (secondary N) is 1. The van der Waals surface area contributed by atoms with E-state index in [-0.39, 0.29) is 11.9 Å². The molecule has 2 aromatic rings. The van der Waals surface area contributed by atoms with Crippen molar-refractivity contribution < 1.29 is 4.39 Å². The van der Waals surface area contributed by atoms with Gasteiger partial charge in [0.05, 0.1) is 6.04 Å². The average molecular weight is 248 g/mol. The van der Waals surface area contributed by atoms with Crippen LogP contribution in [0.15, 0.2) is 24.3 Å². The van der Waals surface area contributed by atoms with Crippen LogP contribution in [0.5, 0.6) is 0 Å². The molecule has 88 valence electrons. The molecule has 17 heavy (non-hydrogen) atoms. The first-order valence-corrected chi connectivity index (χ1v) is 6.15. The topological polar surface area (TPSA) is 38.0 Å². The number of benzene rings is 1. The highest BCUT2D eigenvalue weighted by molar-refractivity contribution is 7.19. The zero-order chi connectivity index (χ0) is 12.3. The van der Waals surface area contributed by atoms with Gasteiger partial charge in [0.25, 0.3) is 0 Å². The molecule has 2 rings (SSSR count). The predicted octanol–water partition coefficient (Wildman–Crippen LogP) is 2.96. The third-order valence-corrected chi connectivity index (χ3v) is 3.85. The van der Waals surface area contributed by atoms with Crippen molar-refractivity contribution in [3.05, 3.63) is 35.0 Å². The standard InChI is InChI=1S/C13H13FN2S/c1-2-3-4-11(16-15)13-8-9-7-10(14)5-6-12(9)17-13/h1,5-8,11,16H,3-4,15H2. The Morgan fingerprint density at radius 1 is 1.47 bits per heavy atom. The van der Waals surface area contributed by atoms with Crippen molar-refractivity contribution in [1.29, 1.82) is 0 Å². The van der Waals surface area contributed by atoms with E-state index < -0.39 is 0 Å². The lowest BCUT2D eigenvalue weighted by atomic mass is 10.1. The summed E-state index contributed by atoms with van der Waals surface area (Å²) in [5.41, 5.74) is 2.75. The van der Waals surface area contributed by atoms with Gasteiger partial charge in [-0.3, -0.25) is 11.3 Å². The van der Waals surface area contributed by atoms with E-state index in [4.69, 9.17) is 12.3 Å². The van der Waals surface area contributed by atoms with E-state index in [0.717, 1.165) is 21.4 Å². The van der Waals surface area contributed by atoms with E-state index in [9.17, 15) is 4.39 Å². The average Bonchev–Trinajstić information content (AvgIpc) is 2.72. The number of hydrogen-bond acceptors (Lipinski definition) is 3. The van der Waals surface area contributed by atoms with Crippen molar-refractivity contribution >= 4 is 21.4 Å². The molecule has 0 saturated heterocycles. The molecule has 1 aromatic carbocycles. The van der Waals surface area contributed by atoms with Crippen LogP contribution < -0.4 is 11.3 Å². The summed E-state index contributed by atoms with van der Waals surface area (Å²) in [5, 5.41) is 0.908. The highest BCUT2D eigenvalue weighted by atomic mass is 32.1. The fourth-order valence-electron chi connectivity index (χ4n) is 1.74. The van der Waals surface area contributed by atoms with Crippen molar-refractivity contribution in [3.63, 3.8) is 0 Å². The Hall–Kier alpha value is -1.41. The molecule has 3 N–H and O–H groups in total. The van der Waals surface area contributed by atoms with Crippen LogP contribution in [0.2, 0.25) is 0 Å². The summed E-state index contributed by atoms with van der Waals surface area (Å²) in [6.07, 6.45) is 6.68. The first-order chi connectivity index (χ1) is 8.24. The van der Waals surface area contributed by atoms with Gasteiger partial charge in [-0.2, -0.15) is 0 Å². The van der Waals surface area contributed by atoms with E-state index in [1.54, 1.807) is 17.4 Å². The van der Waals surface area contributed by atoms with Crippen molar-refractivity contribution in [2.24, 2.45) is 5.84 Å². The number of fused-ring (bicyclic) bond motifs is 1. The molecule has 1 unspecified atom stereocenters. The largest absolute Gasteiger partial charge is 0.271 e. The minimum atomic E-state index is -0.220. The maximum Gasteiger partial charge on any atom is 0.123 e. The Bertz CT molecular complexity index is 556. The van der Waals surface area contributed by atoms with Crippen LogP contribution in [0.1, 0.15) is 23.8 Å². The molecule has 0 bridgehead atoms. The molecule has 0 radical (unpaired) electrons. The molecule has 1 atom stereocenters. The van der Waals surface area contributed by atoms with E-state index >= 15 is 0 Å². The number of terminal acetylenes is 1.